The topological polar surface area (TPSA) is 94.2 Å². The highest BCUT2D eigenvalue weighted by Crippen LogP contribution is 2.37. The molecule has 0 unspecified atom stereocenters. The van der Waals surface area contributed by atoms with Gasteiger partial charge in [-0.1, -0.05) is 40.9 Å². The molecule has 0 radical (unpaired) electrons. The molecule has 4 rings (SSSR count). The summed E-state index contributed by atoms with van der Waals surface area (Å²) >= 11 is 12.3. The van der Waals surface area contributed by atoms with Gasteiger partial charge in [-0.25, -0.2) is 9.69 Å². The standard InChI is InChI=1S/C27H22Cl2N2O6/c1-16-3-9-20(10-4-16)36-11-12-37-24-22(29)14-17(15-23(24)35-2)13-21-25(32)30-27(34)31(26(21)33)19-7-5-18(28)6-8-19/h3-10,13-15H,11-12H2,1-2H3,(H,30,32,34). The van der Waals surface area contributed by atoms with E-state index in [9.17, 15) is 14.4 Å². The fraction of sp³-hybridized carbons (Fsp3) is 0.148. The third-order valence-electron chi connectivity index (χ3n) is 5.37. The van der Waals surface area contributed by atoms with Crippen molar-refractivity contribution in [1.29, 1.82) is 0 Å². The summed E-state index contributed by atoms with van der Waals surface area (Å²) in [5, 5.41) is 2.81. The Hall–Kier alpha value is -4.01. The van der Waals surface area contributed by atoms with Gasteiger partial charge in [0, 0.05) is 5.02 Å². The number of halogens is 2. The second kappa shape index (κ2) is 11.4. The average molecular weight is 541 g/mol. The van der Waals surface area contributed by atoms with E-state index in [-0.39, 0.29) is 35.2 Å². The zero-order valence-electron chi connectivity index (χ0n) is 19.9. The lowest BCUT2D eigenvalue weighted by molar-refractivity contribution is -0.122. The van der Waals surface area contributed by atoms with Crippen molar-refractivity contribution < 1.29 is 28.6 Å². The normalized spacial score (nSPS) is 14.5. The molecule has 1 N–H and O–H groups in total. The molecule has 37 heavy (non-hydrogen) atoms. The van der Waals surface area contributed by atoms with Gasteiger partial charge in [0.1, 0.15) is 24.5 Å². The number of methoxy groups -OCH3 is 1. The van der Waals surface area contributed by atoms with Gasteiger partial charge < -0.3 is 14.2 Å². The Morgan fingerprint density at radius 3 is 2.27 bits per heavy atom. The predicted molar refractivity (Wildman–Crippen MR) is 141 cm³/mol. The maximum absolute atomic E-state index is 13.1. The molecule has 1 aliphatic heterocycles. The molecular formula is C27H22Cl2N2O6. The molecule has 190 valence electrons. The summed E-state index contributed by atoms with van der Waals surface area (Å²) in [6.07, 6.45) is 1.33. The van der Waals surface area contributed by atoms with E-state index in [1.807, 2.05) is 31.2 Å². The van der Waals surface area contributed by atoms with Crippen molar-refractivity contribution in [3.05, 3.63) is 87.4 Å². The van der Waals surface area contributed by atoms with Crippen molar-refractivity contribution in [3.63, 3.8) is 0 Å². The largest absolute Gasteiger partial charge is 0.493 e. The van der Waals surface area contributed by atoms with E-state index in [4.69, 9.17) is 37.4 Å². The molecule has 0 spiro atoms. The highest BCUT2D eigenvalue weighted by atomic mass is 35.5. The molecule has 0 aromatic heterocycles. The van der Waals surface area contributed by atoms with Gasteiger partial charge in [0.15, 0.2) is 11.5 Å². The van der Waals surface area contributed by atoms with Gasteiger partial charge in [0.25, 0.3) is 11.8 Å². The molecule has 3 aromatic rings. The van der Waals surface area contributed by atoms with Gasteiger partial charge in [0.05, 0.1) is 17.8 Å². The molecule has 4 amide bonds. The Labute approximate surface area is 223 Å². The summed E-state index contributed by atoms with van der Waals surface area (Å²) in [6, 6.07) is 15.9. The van der Waals surface area contributed by atoms with Gasteiger partial charge in [-0.2, -0.15) is 0 Å². The van der Waals surface area contributed by atoms with E-state index < -0.39 is 17.8 Å². The van der Waals surface area contributed by atoms with Crippen LogP contribution in [-0.4, -0.2) is 38.2 Å². The number of carbonyl (C=O) groups is 3. The van der Waals surface area contributed by atoms with Gasteiger partial charge >= 0.3 is 6.03 Å². The first-order chi connectivity index (χ1) is 17.8. The number of benzene rings is 3. The predicted octanol–water partition coefficient (Wildman–Crippen LogP) is 5.43. The minimum atomic E-state index is -0.860. The number of anilines is 1. The summed E-state index contributed by atoms with van der Waals surface area (Å²) in [5.41, 5.74) is 1.53. The first-order valence-electron chi connectivity index (χ1n) is 11.1. The Balaban J connectivity index is 1.52. The van der Waals surface area contributed by atoms with E-state index >= 15 is 0 Å². The van der Waals surface area contributed by atoms with Crippen LogP contribution in [0.3, 0.4) is 0 Å². The number of ether oxygens (including phenoxy) is 3. The zero-order chi connectivity index (χ0) is 26.5. The van der Waals surface area contributed by atoms with Gasteiger partial charge in [-0.05, 0) is 67.1 Å². The number of urea groups is 1. The number of rotatable bonds is 8. The molecule has 0 bridgehead atoms. The molecule has 1 saturated heterocycles. The summed E-state index contributed by atoms with van der Waals surface area (Å²) in [7, 11) is 1.44. The minimum Gasteiger partial charge on any atom is -0.493 e. The number of hydrogen-bond donors (Lipinski definition) is 1. The Morgan fingerprint density at radius 2 is 1.59 bits per heavy atom. The number of nitrogens with one attached hydrogen (secondary N) is 1. The first kappa shape index (κ1) is 26.1. The highest BCUT2D eigenvalue weighted by Gasteiger charge is 2.36. The fourth-order valence-corrected chi connectivity index (χ4v) is 3.95. The van der Waals surface area contributed by atoms with Crippen molar-refractivity contribution in [2.45, 2.75) is 6.92 Å². The van der Waals surface area contributed by atoms with E-state index in [1.165, 1.54) is 43.5 Å². The Morgan fingerprint density at radius 1 is 0.919 bits per heavy atom. The van der Waals surface area contributed by atoms with Crippen molar-refractivity contribution in [2.75, 3.05) is 25.2 Å². The van der Waals surface area contributed by atoms with Crippen LogP contribution in [0.4, 0.5) is 10.5 Å². The van der Waals surface area contributed by atoms with Crippen LogP contribution < -0.4 is 24.4 Å². The highest BCUT2D eigenvalue weighted by molar-refractivity contribution is 6.39. The SMILES string of the molecule is COc1cc(C=C2C(=O)NC(=O)N(c3ccc(Cl)cc3)C2=O)cc(Cl)c1OCCOc1ccc(C)cc1. The second-order valence-corrected chi connectivity index (χ2v) is 8.82. The first-order valence-corrected chi connectivity index (χ1v) is 11.9. The van der Waals surface area contributed by atoms with Gasteiger partial charge in [-0.15, -0.1) is 0 Å². The number of amides is 4. The van der Waals surface area contributed by atoms with Crippen LogP contribution in [0.15, 0.2) is 66.2 Å². The fourth-order valence-electron chi connectivity index (χ4n) is 3.55. The number of carbonyl (C=O) groups excluding carboxylic acids is 3. The molecular weight excluding hydrogens is 519 g/mol. The van der Waals surface area contributed by atoms with Crippen LogP contribution in [-0.2, 0) is 9.59 Å². The average Bonchev–Trinajstić information content (AvgIpc) is 2.87. The monoisotopic (exact) mass is 540 g/mol. The summed E-state index contributed by atoms with van der Waals surface area (Å²) in [4.78, 5) is 38.8. The smallest absolute Gasteiger partial charge is 0.335 e. The summed E-state index contributed by atoms with van der Waals surface area (Å²) < 4.78 is 16.9. The lowest BCUT2D eigenvalue weighted by Gasteiger charge is -2.26. The maximum Gasteiger partial charge on any atom is 0.335 e. The van der Waals surface area contributed by atoms with Crippen LogP contribution >= 0.6 is 23.2 Å². The molecule has 1 fully saturated rings. The van der Waals surface area contributed by atoms with E-state index in [2.05, 4.69) is 5.32 Å². The van der Waals surface area contributed by atoms with Crippen LogP contribution in [0, 0.1) is 6.92 Å². The quantitative estimate of drug-likeness (QED) is 0.232. The van der Waals surface area contributed by atoms with Crippen molar-refractivity contribution in [1.82, 2.24) is 5.32 Å². The lowest BCUT2D eigenvalue weighted by Crippen LogP contribution is -2.54. The van der Waals surface area contributed by atoms with Crippen LogP contribution in [0.1, 0.15) is 11.1 Å². The third-order valence-corrected chi connectivity index (χ3v) is 5.90. The maximum atomic E-state index is 13.1. The van der Waals surface area contributed by atoms with Crippen LogP contribution in [0.2, 0.25) is 10.0 Å². The Kier molecular flexibility index (Phi) is 8.01. The van der Waals surface area contributed by atoms with E-state index in [1.54, 1.807) is 6.07 Å². The van der Waals surface area contributed by atoms with E-state index in [0.717, 1.165) is 16.2 Å². The van der Waals surface area contributed by atoms with Crippen LogP contribution in [0.25, 0.3) is 6.08 Å². The third kappa shape index (κ3) is 6.04. The summed E-state index contributed by atoms with van der Waals surface area (Å²) in [6.45, 7) is 2.47. The molecule has 0 atom stereocenters. The van der Waals surface area contributed by atoms with E-state index in [0.29, 0.717) is 16.3 Å². The number of aryl methyl sites for hydroxylation is 1. The van der Waals surface area contributed by atoms with Crippen molar-refractivity contribution >= 4 is 52.8 Å². The molecule has 1 aliphatic rings. The molecule has 10 heteroatoms. The molecule has 8 nitrogen and oxygen atoms in total. The number of nitrogens with zero attached hydrogens (tertiary/aromatic N) is 1. The van der Waals surface area contributed by atoms with Gasteiger partial charge in [-0.3, -0.25) is 14.9 Å². The Bertz CT molecular complexity index is 1370. The van der Waals surface area contributed by atoms with Gasteiger partial charge in [0.2, 0.25) is 0 Å². The van der Waals surface area contributed by atoms with Crippen molar-refractivity contribution in [3.8, 4) is 17.2 Å². The zero-order valence-corrected chi connectivity index (χ0v) is 21.4. The van der Waals surface area contributed by atoms with Crippen LogP contribution in [0.5, 0.6) is 17.2 Å². The molecule has 0 saturated carbocycles. The second-order valence-electron chi connectivity index (χ2n) is 7.98. The molecule has 1 heterocycles. The number of barbiturate groups is 1. The molecule has 0 aliphatic carbocycles. The minimum absolute atomic E-state index is 0.198. The lowest BCUT2D eigenvalue weighted by atomic mass is 10.1. The number of hydrogen-bond acceptors (Lipinski definition) is 6. The van der Waals surface area contributed by atoms with Crippen molar-refractivity contribution in [2.24, 2.45) is 0 Å². The molecule has 3 aromatic carbocycles. The number of imide groups is 2. The summed E-state index contributed by atoms with van der Waals surface area (Å²) in [5.74, 6) is -0.320.